The number of thiazole rings is 1. The maximum Gasteiger partial charge on any atom is 0.434 e. The molecule has 1 saturated heterocycles. The number of aromatic nitrogens is 3. The monoisotopic (exact) mass is 410 g/mol. The Labute approximate surface area is 162 Å². The standard InChI is InChI=1S/C18H17F3N4S2/c19-18(20,21)14-11-26-16(22-14)13-7-4-8-25(10-13)17-24-23-15(27-17)9-12-5-2-1-3-6-12/h1-3,5-6,11,13H,4,7-10H2. The third kappa shape index (κ3) is 4.30. The highest BCUT2D eigenvalue weighted by atomic mass is 32.1. The highest BCUT2D eigenvalue weighted by Gasteiger charge is 2.35. The summed E-state index contributed by atoms with van der Waals surface area (Å²) in [4.78, 5) is 5.95. The minimum atomic E-state index is -4.38. The number of alkyl halides is 3. The van der Waals surface area contributed by atoms with E-state index < -0.39 is 11.9 Å². The molecule has 1 atom stereocenters. The van der Waals surface area contributed by atoms with Gasteiger partial charge in [0.25, 0.3) is 0 Å². The smallest absolute Gasteiger partial charge is 0.346 e. The summed E-state index contributed by atoms with van der Waals surface area (Å²) < 4.78 is 38.4. The first kappa shape index (κ1) is 18.4. The van der Waals surface area contributed by atoms with E-state index in [1.54, 1.807) is 11.3 Å². The zero-order valence-corrected chi connectivity index (χ0v) is 15.9. The lowest BCUT2D eigenvalue weighted by atomic mass is 9.99. The number of anilines is 1. The number of piperidine rings is 1. The van der Waals surface area contributed by atoms with Gasteiger partial charge in [0.15, 0.2) is 5.69 Å². The van der Waals surface area contributed by atoms with E-state index in [1.807, 2.05) is 18.2 Å². The van der Waals surface area contributed by atoms with Crippen LogP contribution in [0.25, 0.3) is 0 Å². The Bertz CT molecular complexity index is 891. The van der Waals surface area contributed by atoms with Crippen molar-refractivity contribution in [1.29, 1.82) is 0 Å². The lowest BCUT2D eigenvalue weighted by Gasteiger charge is -2.31. The molecule has 1 aliphatic rings. The topological polar surface area (TPSA) is 41.9 Å². The molecule has 0 bridgehead atoms. The van der Waals surface area contributed by atoms with Gasteiger partial charge in [-0.25, -0.2) is 4.98 Å². The van der Waals surface area contributed by atoms with Gasteiger partial charge in [-0.15, -0.1) is 21.5 Å². The first-order chi connectivity index (χ1) is 13.0. The van der Waals surface area contributed by atoms with Crippen molar-refractivity contribution >= 4 is 27.8 Å². The summed E-state index contributed by atoms with van der Waals surface area (Å²) in [6.07, 6.45) is -1.90. The van der Waals surface area contributed by atoms with E-state index in [4.69, 9.17) is 0 Å². The number of hydrogen-bond donors (Lipinski definition) is 0. The predicted molar refractivity (Wildman–Crippen MR) is 100 cm³/mol. The summed E-state index contributed by atoms with van der Waals surface area (Å²) in [7, 11) is 0. The number of halogens is 3. The molecule has 142 valence electrons. The Balaban J connectivity index is 1.45. The molecule has 1 aliphatic heterocycles. The van der Waals surface area contributed by atoms with Crippen LogP contribution in [0, 0.1) is 0 Å². The van der Waals surface area contributed by atoms with Crippen molar-refractivity contribution in [3.63, 3.8) is 0 Å². The van der Waals surface area contributed by atoms with Gasteiger partial charge in [0.05, 0.1) is 5.01 Å². The van der Waals surface area contributed by atoms with Crippen molar-refractivity contribution in [2.24, 2.45) is 0 Å². The molecule has 4 rings (SSSR count). The van der Waals surface area contributed by atoms with E-state index >= 15 is 0 Å². The molecule has 0 amide bonds. The Morgan fingerprint density at radius 1 is 1.15 bits per heavy atom. The molecular weight excluding hydrogens is 393 g/mol. The molecule has 3 heterocycles. The predicted octanol–water partition coefficient (Wildman–Crippen LogP) is 4.99. The molecule has 2 aromatic heterocycles. The van der Waals surface area contributed by atoms with Crippen LogP contribution in [0.4, 0.5) is 18.3 Å². The summed E-state index contributed by atoms with van der Waals surface area (Å²) in [5.41, 5.74) is 0.389. The summed E-state index contributed by atoms with van der Waals surface area (Å²) in [5.74, 6) is 0.00123. The fourth-order valence-corrected chi connectivity index (χ4v) is 5.03. The number of hydrogen-bond acceptors (Lipinski definition) is 6. The van der Waals surface area contributed by atoms with Crippen molar-refractivity contribution < 1.29 is 13.2 Å². The summed E-state index contributed by atoms with van der Waals surface area (Å²) in [6.45, 7) is 1.47. The number of nitrogens with zero attached hydrogens (tertiary/aromatic N) is 4. The van der Waals surface area contributed by atoms with Gasteiger partial charge in [-0.05, 0) is 18.4 Å². The minimum Gasteiger partial charge on any atom is -0.346 e. The van der Waals surface area contributed by atoms with Crippen molar-refractivity contribution in [2.45, 2.75) is 31.4 Å². The molecule has 1 fully saturated rings. The lowest BCUT2D eigenvalue weighted by molar-refractivity contribution is -0.140. The molecule has 3 aromatic rings. The van der Waals surface area contributed by atoms with Crippen LogP contribution in [-0.4, -0.2) is 28.3 Å². The highest BCUT2D eigenvalue weighted by Crippen LogP contribution is 2.36. The molecule has 1 unspecified atom stereocenters. The second kappa shape index (κ2) is 7.55. The van der Waals surface area contributed by atoms with Gasteiger partial charge in [0, 0.05) is 30.8 Å². The van der Waals surface area contributed by atoms with Gasteiger partial charge in [-0.3, -0.25) is 0 Å². The molecule has 1 aromatic carbocycles. The van der Waals surface area contributed by atoms with E-state index in [0.717, 1.165) is 52.7 Å². The van der Waals surface area contributed by atoms with Crippen LogP contribution < -0.4 is 4.90 Å². The molecule has 0 saturated carbocycles. The van der Waals surface area contributed by atoms with E-state index in [1.165, 1.54) is 5.56 Å². The first-order valence-electron chi connectivity index (χ1n) is 8.63. The van der Waals surface area contributed by atoms with Gasteiger partial charge < -0.3 is 4.90 Å². The minimum absolute atomic E-state index is 0.00123. The molecule has 27 heavy (non-hydrogen) atoms. The van der Waals surface area contributed by atoms with Crippen LogP contribution in [0.3, 0.4) is 0 Å². The molecule has 0 N–H and O–H groups in total. The molecular formula is C18H17F3N4S2. The molecule has 0 spiro atoms. The van der Waals surface area contributed by atoms with Gasteiger partial charge in [-0.2, -0.15) is 13.2 Å². The van der Waals surface area contributed by atoms with E-state index in [9.17, 15) is 13.2 Å². The zero-order chi connectivity index (χ0) is 18.9. The number of benzene rings is 1. The second-order valence-electron chi connectivity index (χ2n) is 6.49. The van der Waals surface area contributed by atoms with Crippen LogP contribution >= 0.6 is 22.7 Å². The van der Waals surface area contributed by atoms with Crippen LogP contribution in [0.15, 0.2) is 35.7 Å². The third-order valence-corrected chi connectivity index (χ3v) is 6.50. The quantitative estimate of drug-likeness (QED) is 0.608. The first-order valence-corrected chi connectivity index (χ1v) is 10.3. The van der Waals surface area contributed by atoms with Gasteiger partial charge in [-0.1, -0.05) is 41.7 Å². The van der Waals surface area contributed by atoms with Crippen molar-refractivity contribution in [1.82, 2.24) is 15.2 Å². The molecule has 4 nitrogen and oxygen atoms in total. The lowest BCUT2D eigenvalue weighted by Crippen LogP contribution is -2.34. The van der Waals surface area contributed by atoms with Gasteiger partial charge in [0.1, 0.15) is 5.01 Å². The molecule has 0 aliphatic carbocycles. The van der Waals surface area contributed by atoms with Crippen LogP contribution in [0.5, 0.6) is 0 Å². The van der Waals surface area contributed by atoms with Crippen molar-refractivity contribution in [2.75, 3.05) is 18.0 Å². The summed E-state index contributed by atoms with van der Waals surface area (Å²) in [5, 5.41) is 12.0. The largest absolute Gasteiger partial charge is 0.434 e. The maximum atomic E-state index is 12.8. The highest BCUT2D eigenvalue weighted by molar-refractivity contribution is 7.15. The third-order valence-electron chi connectivity index (χ3n) is 4.51. The van der Waals surface area contributed by atoms with Crippen LogP contribution in [0.2, 0.25) is 0 Å². The van der Waals surface area contributed by atoms with Crippen molar-refractivity contribution in [3.8, 4) is 0 Å². The second-order valence-corrected chi connectivity index (χ2v) is 8.42. The van der Waals surface area contributed by atoms with Crippen molar-refractivity contribution in [3.05, 3.63) is 57.0 Å². The maximum absolute atomic E-state index is 12.8. The summed E-state index contributed by atoms with van der Waals surface area (Å²) >= 11 is 2.64. The Morgan fingerprint density at radius 3 is 2.70 bits per heavy atom. The normalized spacial score (nSPS) is 18.0. The zero-order valence-electron chi connectivity index (χ0n) is 14.3. The number of rotatable bonds is 4. The fraction of sp³-hybridized carbons (Fsp3) is 0.389. The van der Waals surface area contributed by atoms with Crippen LogP contribution in [-0.2, 0) is 12.6 Å². The van der Waals surface area contributed by atoms with E-state index in [0.29, 0.717) is 11.6 Å². The fourth-order valence-electron chi connectivity index (χ4n) is 3.17. The SMILES string of the molecule is FC(F)(F)c1csc(C2CCCN(c3nnc(Cc4ccccc4)s3)C2)n1. The molecule has 9 heteroatoms. The van der Waals surface area contributed by atoms with Crippen LogP contribution in [0.1, 0.15) is 40.0 Å². The Kier molecular flexibility index (Phi) is 5.14. The van der Waals surface area contributed by atoms with Gasteiger partial charge >= 0.3 is 6.18 Å². The Morgan fingerprint density at radius 2 is 1.96 bits per heavy atom. The van der Waals surface area contributed by atoms with Gasteiger partial charge in [0.2, 0.25) is 5.13 Å². The average molecular weight is 410 g/mol. The summed E-state index contributed by atoms with van der Waals surface area (Å²) in [6, 6.07) is 10.1. The average Bonchev–Trinajstić information content (AvgIpc) is 3.32. The molecule has 0 radical (unpaired) electrons. The van der Waals surface area contributed by atoms with E-state index in [2.05, 4.69) is 32.2 Å². The van der Waals surface area contributed by atoms with E-state index in [-0.39, 0.29) is 5.92 Å². The Hall–Kier alpha value is -2.00.